The Hall–Kier alpha value is -2.28. The number of non-ortho nitro benzene ring substituents is 1. The van der Waals surface area contributed by atoms with Crippen molar-refractivity contribution in [2.24, 2.45) is 5.92 Å². The van der Waals surface area contributed by atoms with Gasteiger partial charge in [0.1, 0.15) is 0 Å². The van der Waals surface area contributed by atoms with Gasteiger partial charge in [-0.15, -0.1) is 0 Å². The Morgan fingerprint density at radius 3 is 3.04 bits per heavy atom. The standard InChI is InChI=1S/C16H20N4O3/c1-11(2)14-7-4-8-19(14)10-15-17-16(18-23-15)12-5-3-6-13(9-12)20(21)22/h3,5-6,9,11,14H,4,7-8,10H2,1-2H3. The van der Waals surface area contributed by atoms with E-state index < -0.39 is 4.92 Å². The van der Waals surface area contributed by atoms with Crippen LogP contribution >= 0.6 is 0 Å². The van der Waals surface area contributed by atoms with Crippen molar-refractivity contribution >= 4 is 5.69 Å². The molecule has 2 aromatic rings. The van der Waals surface area contributed by atoms with E-state index in [4.69, 9.17) is 4.52 Å². The number of likely N-dealkylation sites (tertiary alicyclic amines) is 1. The molecule has 0 saturated carbocycles. The van der Waals surface area contributed by atoms with Crippen LogP contribution < -0.4 is 0 Å². The van der Waals surface area contributed by atoms with E-state index in [0.717, 1.165) is 6.54 Å². The minimum absolute atomic E-state index is 0.0215. The molecule has 1 saturated heterocycles. The summed E-state index contributed by atoms with van der Waals surface area (Å²) in [6, 6.07) is 6.82. The maximum Gasteiger partial charge on any atom is 0.270 e. The van der Waals surface area contributed by atoms with Crippen LogP contribution in [0.15, 0.2) is 28.8 Å². The van der Waals surface area contributed by atoms with Crippen LogP contribution in [0.2, 0.25) is 0 Å². The van der Waals surface area contributed by atoms with Gasteiger partial charge in [0, 0.05) is 23.7 Å². The zero-order valence-corrected chi connectivity index (χ0v) is 13.3. The van der Waals surface area contributed by atoms with E-state index in [-0.39, 0.29) is 5.69 Å². The molecule has 1 aromatic heterocycles. The Morgan fingerprint density at radius 1 is 1.48 bits per heavy atom. The Kier molecular flexibility index (Phi) is 4.38. The molecule has 1 unspecified atom stereocenters. The van der Waals surface area contributed by atoms with Crippen LogP contribution in [-0.2, 0) is 6.54 Å². The number of aromatic nitrogens is 2. The fraction of sp³-hybridized carbons (Fsp3) is 0.500. The first-order chi connectivity index (χ1) is 11.0. The topological polar surface area (TPSA) is 85.3 Å². The average molecular weight is 316 g/mol. The van der Waals surface area contributed by atoms with E-state index in [1.165, 1.54) is 25.0 Å². The first kappa shape index (κ1) is 15.6. The van der Waals surface area contributed by atoms with Gasteiger partial charge in [-0.2, -0.15) is 4.98 Å². The van der Waals surface area contributed by atoms with Gasteiger partial charge in [0.2, 0.25) is 11.7 Å². The monoisotopic (exact) mass is 316 g/mol. The molecule has 122 valence electrons. The molecule has 0 spiro atoms. The molecule has 0 N–H and O–H groups in total. The summed E-state index contributed by atoms with van der Waals surface area (Å²) in [6.07, 6.45) is 2.39. The van der Waals surface area contributed by atoms with Gasteiger partial charge in [0.15, 0.2) is 0 Å². The van der Waals surface area contributed by atoms with Crippen molar-refractivity contribution in [3.8, 4) is 11.4 Å². The molecule has 23 heavy (non-hydrogen) atoms. The number of rotatable bonds is 5. The van der Waals surface area contributed by atoms with Crippen LogP contribution in [0.25, 0.3) is 11.4 Å². The van der Waals surface area contributed by atoms with Gasteiger partial charge in [-0.25, -0.2) is 0 Å². The van der Waals surface area contributed by atoms with Gasteiger partial charge in [0.05, 0.1) is 11.5 Å². The van der Waals surface area contributed by atoms with Crippen LogP contribution in [-0.4, -0.2) is 32.6 Å². The van der Waals surface area contributed by atoms with Crippen LogP contribution in [0.1, 0.15) is 32.6 Å². The predicted octanol–water partition coefficient (Wildman–Crippen LogP) is 3.27. The highest BCUT2D eigenvalue weighted by atomic mass is 16.6. The third-order valence-electron chi connectivity index (χ3n) is 4.31. The molecule has 0 amide bonds. The lowest BCUT2D eigenvalue weighted by atomic mass is 10.0. The highest BCUT2D eigenvalue weighted by Gasteiger charge is 2.28. The molecule has 1 aliphatic heterocycles. The minimum atomic E-state index is -0.429. The molecule has 1 aromatic carbocycles. The number of nitro groups is 1. The van der Waals surface area contributed by atoms with Crippen LogP contribution in [0.5, 0.6) is 0 Å². The second kappa shape index (κ2) is 6.45. The lowest BCUT2D eigenvalue weighted by Gasteiger charge is -2.25. The van der Waals surface area contributed by atoms with E-state index in [1.807, 2.05) is 0 Å². The molecular formula is C16H20N4O3. The summed E-state index contributed by atoms with van der Waals surface area (Å²) in [5, 5.41) is 14.8. The third-order valence-corrected chi connectivity index (χ3v) is 4.31. The summed E-state index contributed by atoms with van der Waals surface area (Å²) in [5.74, 6) is 1.54. The first-order valence-electron chi connectivity index (χ1n) is 7.86. The molecular weight excluding hydrogens is 296 g/mol. The van der Waals surface area contributed by atoms with Crippen molar-refractivity contribution in [2.75, 3.05) is 6.54 Å². The molecule has 3 rings (SSSR count). The van der Waals surface area contributed by atoms with Crippen molar-refractivity contribution in [3.63, 3.8) is 0 Å². The van der Waals surface area contributed by atoms with Crippen molar-refractivity contribution in [1.82, 2.24) is 15.0 Å². The fourth-order valence-corrected chi connectivity index (χ4v) is 3.17. The maximum absolute atomic E-state index is 10.9. The predicted molar refractivity (Wildman–Crippen MR) is 84.7 cm³/mol. The molecule has 2 heterocycles. The maximum atomic E-state index is 10.9. The van der Waals surface area contributed by atoms with Crippen molar-refractivity contribution in [1.29, 1.82) is 0 Å². The summed E-state index contributed by atoms with van der Waals surface area (Å²) < 4.78 is 5.34. The van der Waals surface area contributed by atoms with Crippen LogP contribution in [0.3, 0.4) is 0 Å². The molecule has 7 nitrogen and oxygen atoms in total. The zero-order chi connectivity index (χ0) is 16.4. The van der Waals surface area contributed by atoms with E-state index in [1.54, 1.807) is 12.1 Å². The smallest absolute Gasteiger partial charge is 0.270 e. The Labute approximate surface area is 134 Å². The number of hydrogen-bond acceptors (Lipinski definition) is 6. The SMILES string of the molecule is CC(C)C1CCCN1Cc1nc(-c2cccc([N+](=O)[O-])c2)no1. The minimum Gasteiger partial charge on any atom is -0.338 e. The normalized spacial score (nSPS) is 18.7. The number of nitro benzene ring substituents is 1. The van der Waals surface area contributed by atoms with Crippen molar-refractivity contribution in [3.05, 3.63) is 40.3 Å². The summed E-state index contributed by atoms with van der Waals surface area (Å²) >= 11 is 0. The lowest BCUT2D eigenvalue weighted by Crippen LogP contribution is -2.32. The molecule has 0 bridgehead atoms. The molecule has 1 aliphatic rings. The highest BCUT2D eigenvalue weighted by Crippen LogP contribution is 2.26. The number of hydrogen-bond donors (Lipinski definition) is 0. The van der Waals surface area contributed by atoms with Crippen molar-refractivity contribution in [2.45, 2.75) is 39.3 Å². The summed E-state index contributed by atoms with van der Waals surface area (Å²) in [5.41, 5.74) is 0.615. The number of nitrogens with zero attached hydrogens (tertiary/aromatic N) is 4. The van der Waals surface area contributed by atoms with Gasteiger partial charge in [-0.05, 0) is 25.3 Å². The van der Waals surface area contributed by atoms with Gasteiger partial charge in [-0.3, -0.25) is 15.0 Å². The van der Waals surface area contributed by atoms with E-state index in [2.05, 4.69) is 28.9 Å². The number of benzene rings is 1. The van der Waals surface area contributed by atoms with Crippen LogP contribution in [0, 0.1) is 16.0 Å². The van der Waals surface area contributed by atoms with Gasteiger partial charge >= 0.3 is 0 Å². The second-order valence-corrected chi connectivity index (χ2v) is 6.24. The van der Waals surface area contributed by atoms with Crippen LogP contribution in [0.4, 0.5) is 5.69 Å². The summed E-state index contributed by atoms with van der Waals surface area (Å²) in [4.78, 5) is 17.2. The molecule has 0 aliphatic carbocycles. The summed E-state index contributed by atoms with van der Waals surface area (Å²) in [7, 11) is 0. The second-order valence-electron chi connectivity index (χ2n) is 6.24. The Balaban J connectivity index is 1.76. The Bertz CT molecular complexity index is 698. The zero-order valence-electron chi connectivity index (χ0n) is 13.3. The highest BCUT2D eigenvalue weighted by molar-refractivity contribution is 5.58. The van der Waals surface area contributed by atoms with Crippen molar-refractivity contribution < 1.29 is 9.45 Å². The molecule has 1 fully saturated rings. The van der Waals surface area contributed by atoms with E-state index in [0.29, 0.717) is 35.8 Å². The third kappa shape index (κ3) is 3.39. The largest absolute Gasteiger partial charge is 0.338 e. The van der Waals surface area contributed by atoms with E-state index >= 15 is 0 Å². The fourth-order valence-electron chi connectivity index (χ4n) is 3.17. The Morgan fingerprint density at radius 2 is 2.30 bits per heavy atom. The average Bonchev–Trinajstić information content (AvgIpc) is 3.17. The molecule has 0 radical (unpaired) electrons. The lowest BCUT2D eigenvalue weighted by molar-refractivity contribution is -0.384. The molecule has 7 heteroatoms. The van der Waals surface area contributed by atoms with E-state index in [9.17, 15) is 10.1 Å². The first-order valence-corrected chi connectivity index (χ1v) is 7.86. The quantitative estimate of drug-likeness (QED) is 0.621. The van der Waals surface area contributed by atoms with Gasteiger partial charge in [-0.1, -0.05) is 31.1 Å². The van der Waals surface area contributed by atoms with Gasteiger partial charge < -0.3 is 4.52 Å². The summed E-state index contributed by atoms with van der Waals surface area (Å²) in [6.45, 7) is 6.12. The molecule has 1 atom stereocenters. The van der Waals surface area contributed by atoms with Gasteiger partial charge in [0.25, 0.3) is 5.69 Å².